The van der Waals surface area contributed by atoms with E-state index >= 15 is 0 Å². The van der Waals surface area contributed by atoms with E-state index in [1.807, 2.05) is 54.6 Å². The van der Waals surface area contributed by atoms with Crippen molar-refractivity contribution in [2.45, 2.75) is 5.41 Å². The molecule has 294 valence electrons. The summed E-state index contributed by atoms with van der Waals surface area (Å²) in [6, 6.07) is 74.4. The highest BCUT2D eigenvalue weighted by Gasteiger charge is 2.46. The molecule has 0 amide bonds. The van der Waals surface area contributed by atoms with Crippen molar-refractivity contribution in [3.8, 4) is 56.4 Å². The standard InChI is InChI=1S/C58H35N3O2/c1-4-16-36(17-5-1)55-59-56(37-30-32-42-41-22-10-12-27-48(41)58(49(42)34-37,39-18-6-2-7-19-39)40-20-8-3-9-21-40)61-57(60-55)38-31-33-47-52(35-38)62-51-29-15-24-44(53(47)51)46-26-14-25-45-43-23-11-13-28-50(43)63-54(45)46/h1-35H. The van der Waals surface area contributed by atoms with Crippen LogP contribution in [0.5, 0.6) is 0 Å². The van der Waals surface area contributed by atoms with Gasteiger partial charge in [-0.15, -0.1) is 0 Å². The molecule has 63 heavy (non-hydrogen) atoms. The Morgan fingerprint density at radius 1 is 0.317 bits per heavy atom. The number of furan rings is 2. The van der Waals surface area contributed by atoms with Crippen molar-refractivity contribution in [1.82, 2.24) is 15.0 Å². The fraction of sp³-hybridized carbons (Fsp3) is 0.0172. The minimum absolute atomic E-state index is 0.552. The van der Waals surface area contributed by atoms with Crippen molar-refractivity contribution in [2.24, 2.45) is 0 Å². The second-order valence-corrected chi connectivity index (χ2v) is 16.2. The van der Waals surface area contributed by atoms with Gasteiger partial charge in [-0.05, 0) is 69.3 Å². The Balaban J connectivity index is 0.991. The van der Waals surface area contributed by atoms with E-state index in [0.29, 0.717) is 17.5 Å². The first-order chi connectivity index (χ1) is 31.2. The van der Waals surface area contributed by atoms with Crippen LogP contribution in [-0.2, 0) is 5.41 Å². The Bertz CT molecular complexity index is 3700. The number of fused-ring (bicyclic) bond motifs is 9. The van der Waals surface area contributed by atoms with Crippen molar-refractivity contribution in [3.63, 3.8) is 0 Å². The van der Waals surface area contributed by atoms with Gasteiger partial charge in [-0.2, -0.15) is 0 Å². The summed E-state index contributed by atoms with van der Waals surface area (Å²) < 4.78 is 13.2. The Hall–Kier alpha value is -8.41. The first-order valence-corrected chi connectivity index (χ1v) is 21.3. The number of rotatable bonds is 6. The Morgan fingerprint density at radius 2 is 0.873 bits per heavy atom. The predicted octanol–water partition coefficient (Wildman–Crippen LogP) is 14.7. The summed E-state index contributed by atoms with van der Waals surface area (Å²) in [4.78, 5) is 15.6. The van der Waals surface area contributed by atoms with Gasteiger partial charge in [0.2, 0.25) is 0 Å². The molecule has 0 spiro atoms. The van der Waals surface area contributed by atoms with Gasteiger partial charge in [0.25, 0.3) is 0 Å². The summed E-state index contributed by atoms with van der Waals surface area (Å²) in [5, 5.41) is 4.24. The molecule has 9 aromatic carbocycles. The SMILES string of the molecule is c1ccc(-c2nc(-c3ccc4c(c3)C(c3ccccc3)(c3ccccc3)c3ccccc3-4)nc(-c3ccc4c(c3)oc3cccc(-c5cccc6c5oc5ccccc56)c34)n2)cc1. The molecule has 0 saturated heterocycles. The van der Waals surface area contributed by atoms with E-state index in [2.05, 4.69) is 158 Å². The van der Waals surface area contributed by atoms with E-state index < -0.39 is 5.41 Å². The van der Waals surface area contributed by atoms with E-state index in [9.17, 15) is 0 Å². The molecular weight excluding hydrogens is 771 g/mol. The minimum atomic E-state index is -0.552. The lowest BCUT2D eigenvalue weighted by Crippen LogP contribution is -2.28. The fourth-order valence-corrected chi connectivity index (χ4v) is 10.1. The largest absolute Gasteiger partial charge is 0.456 e. The van der Waals surface area contributed by atoms with Crippen LogP contribution in [0.15, 0.2) is 221 Å². The van der Waals surface area contributed by atoms with Gasteiger partial charge in [0.1, 0.15) is 22.3 Å². The van der Waals surface area contributed by atoms with Gasteiger partial charge in [-0.25, -0.2) is 15.0 Å². The van der Waals surface area contributed by atoms with Crippen LogP contribution in [0.1, 0.15) is 22.3 Å². The Kier molecular flexibility index (Phi) is 7.75. The molecule has 0 unspecified atom stereocenters. The van der Waals surface area contributed by atoms with Gasteiger partial charge in [0, 0.05) is 43.8 Å². The molecule has 0 bridgehead atoms. The summed E-state index contributed by atoms with van der Waals surface area (Å²) in [5.74, 6) is 1.76. The quantitative estimate of drug-likeness (QED) is 0.167. The van der Waals surface area contributed by atoms with E-state index in [0.717, 1.165) is 71.7 Å². The summed E-state index contributed by atoms with van der Waals surface area (Å²) in [6.07, 6.45) is 0. The lowest BCUT2D eigenvalue weighted by molar-refractivity contribution is 0.669. The molecule has 0 saturated carbocycles. The molecular formula is C58H35N3O2. The normalized spacial score (nSPS) is 12.9. The first-order valence-electron chi connectivity index (χ1n) is 21.3. The van der Waals surface area contributed by atoms with Crippen LogP contribution in [0.25, 0.3) is 100 Å². The Labute approximate surface area is 362 Å². The summed E-state index contributed by atoms with van der Waals surface area (Å²) in [7, 11) is 0. The number of para-hydroxylation sites is 2. The third kappa shape index (κ3) is 5.33. The maximum atomic E-state index is 6.66. The predicted molar refractivity (Wildman–Crippen MR) is 253 cm³/mol. The zero-order chi connectivity index (χ0) is 41.5. The molecule has 12 aromatic rings. The van der Waals surface area contributed by atoms with Gasteiger partial charge < -0.3 is 8.83 Å². The second-order valence-electron chi connectivity index (χ2n) is 16.2. The zero-order valence-corrected chi connectivity index (χ0v) is 33.9. The van der Waals surface area contributed by atoms with Gasteiger partial charge >= 0.3 is 0 Å². The molecule has 13 rings (SSSR count). The molecule has 5 heteroatoms. The molecule has 0 fully saturated rings. The molecule has 5 nitrogen and oxygen atoms in total. The molecule has 1 aliphatic rings. The number of hydrogen-bond acceptors (Lipinski definition) is 5. The van der Waals surface area contributed by atoms with Gasteiger partial charge in [0.05, 0.1) is 5.41 Å². The molecule has 0 aliphatic heterocycles. The maximum absolute atomic E-state index is 6.66. The van der Waals surface area contributed by atoms with E-state index in [1.54, 1.807) is 0 Å². The zero-order valence-electron chi connectivity index (χ0n) is 33.9. The second kappa shape index (κ2) is 13.8. The monoisotopic (exact) mass is 805 g/mol. The van der Waals surface area contributed by atoms with E-state index in [1.165, 1.54) is 33.4 Å². The van der Waals surface area contributed by atoms with Gasteiger partial charge in [-0.1, -0.05) is 182 Å². The van der Waals surface area contributed by atoms with Crippen molar-refractivity contribution in [3.05, 3.63) is 235 Å². The van der Waals surface area contributed by atoms with Crippen LogP contribution in [0.4, 0.5) is 0 Å². The molecule has 0 radical (unpaired) electrons. The lowest BCUT2D eigenvalue weighted by atomic mass is 9.67. The van der Waals surface area contributed by atoms with Crippen LogP contribution < -0.4 is 0 Å². The van der Waals surface area contributed by atoms with Crippen molar-refractivity contribution in [1.29, 1.82) is 0 Å². The van der Waals surface area contributed by atoms with E-state index in [4.69, 9.17) is 23.8 Å². The van der Waals surface area contributed by atoms with Crippen molar-refractivity contribution >= 4 is 43.9 Å². The van der Waals surface area contributed by atoms with Crippen molar-refractivity contribution in [2.75, 3.05) is 0 Å². The highest BCUT2D eigenvalue weighted by Crippen LogP contribution is 2.56. The maximum Gasteiger partial charge on any atom is 0.164 e. The van der Waals surface area contributed by atoms with E-state index in [-0.39, 0.29) is 0 Å². The van der Waals surface area contributed by atoms with Gasteiger partial charge in [0.15, 0.2) is 17.5 Å². The summed E-state index contributed by atoms with van der Waals surface area (Å²) in [5.41, 5.74) is 14.8. The summed E-state index contributed by atoms with van der Waals surface area (Å²) in [6.45, 7) is 0. The highest BCUT2D eigenvalue weighted by atomic mass is 16.3. The third-order valence-corrected chi connectivity index (χ3v) is 12.8. The topological polar surface area (TPSA) is 65.0 Å². The van der Waals surface area contributed by atoms with Crippen LogP contribution >= 0.6 is 0 Å². The highest BCUT2D eigenvalue weighted by molar-refractivity contribution is 6.17. The number of nitrogens with zero attached hydrogens (tertiary/aromatic N) is 3. The first kappa shape index (κ1) is 35.4. The number of benzene rings is 9. The molecule has 0 N–H and O–H groups in total. The van der Waals surface area contributed by atoms with Crippen LogP contribution in [-0.4, -0.2) is 15.0 Å². The van der Waals surface area contributed by atoms with Crippen LogP contribution in [0.3, 0.4) is 0 Å². The molecule has 0 atom stereocenters. The fourth-order valence-electron chi connectivity index (χ4n) is 10.1. The summed E-state index contributed by atoms with van der Waals surface area (Å²) >= 11 is 0. The Morgan fingerprint density at radius 3 is 1.65 bits per heavy atom. The van der Waals surface area contributed by atoms with Crippen LogP contribution in [0, 0.1) is 0 Å². The smallest absolute Gasteiger partial charge is 0.164 e. The average molecular weight is 806 g/mol. The van der Waals surface area contributed by atoms with Crippen molar-refractivity contribution < 1.29 is 8.83 Å². The number of hydrogen-bond donors (Lipinski definition) is 0. The molecule has 1 aliphatic carbocycles. The average Bonchev–Trinajstić information content (AvgIpc) is 4.03. The third-order valence-electron chi connectivity index (χ3n) is 12.8. The van der Waals surface area contributed by atoms with Crippen LogP contribution in [0.2, 0.25) is 0 Å². The molecule has 3 aromatic heterocycles. The number of aromatic nitrogens is 3. The molecule has 3 heterocycles. The van der Waals surface area contributed by atoms with Gasteiger partial charge in [-0.3, -0.25) is 0 Å². The lowest BCUT2D eigenvalue weighted by Gasteiger charge is -2.34. The minimum Gasteiger partial charge on any atom is -0.456 e.